The third kappa shape index (κ3) is 4.32. The van der Waals surface area contributed by atoms with Crippen molar-refractivity contribution in [1.29, 1.82) is 0 Å². The topological polar surface area (TPSA) is 88.1 Å². The zero-order valence-corrected chi connectivity index (χ0v) is 15.4. The minimum Gasteiger partial charge on any atom is -0.459 e. The Morgan fingerprint density at radius 2 is 1.80 bits per heavy atom. The van der Waals surface area contributed by atoms with E-state index in [1.165, 1.54) is 6.26 Å². The average molecular weight is 354 g/mol. The van der Waals surface area contributed by atoms with Crippen molar-refractivity contribution in [2.24, 2.45) is 17.8 Å². The third-order valence-corrected chi connectivity index (χ3v) is 4.66. The van der Waals surface area contributed by atoms with Crippen molar-refractivity contribution in [1.82, 2.24) is 0 Å². The first-order chi connectivity index (χ1) is 11.6. The molecule has 0 aromatic rings. The smallest absolute Gasteiger partial charge is 0.348 e. The first-order valence-electron chi connectivity index (χ1n) is 8.60. The summed E-state index contributed by atoms with van der Waals surface area (Å²) >= 11 is 0. The number of rotatable bonds is 4. The van der Waals surface area contributed by atoms with Gasteiger partial charge in [-0.1, -0.05) is 20.8 Å². The molecule has 1 spiro atoms. The van der Waals surface area contributed by atoms with E-state index in [4.69, 9.17) is 18.9 Å². The minimum atomic E-state index is -1.47. The molecule has 25 heavy (non-hydrogen) atoms. The van der Waals surface area contributed by atoms with Gasteiger partial charge in [0.05, 0.1) is 0 Å². The fourth-order valence-electron chi connectivity index (χ4n) is 3.57. The van der Waals surface area contributed by atoms with Crippen molar-refractivity contribution in [3.05, 3.63) is 11.8 Å². The molecule has 2 rings (SSSR count). The Hall–Kier alpha value is -2.05. The number of esters is 3. The van der Waals surface area contributed by atoms with Crippen LogP contribution in [-0.2, 0) is 33.3 Å². The van der Waals surface area contributed by atoms with Crippen LogP contribution in [0.1, 0.15) is 53.9 Å². The molecule has 3 atom stereocenters. The second kappa shape index (κ2) is 7.45. The molecule has 0 radical (unpaired) electrons. The Labute approximate surface area is 147 Å². The highest BCUT2D eigenvalue weighted by Crippen LogP contribution is 2.46. The predicted molar refractivity (Wildman–Crippen MR) is 86.7 cm³/mol. The molecule has 140 valence electrons. The van der Waals surface area contributed by atoms with Crippen molar-refractivity contribution < 1.29 is 33.3 Å². The van der Waals surface area contributed by atoms with Crippen molar-refractivity contribution in [3.63, 3.8) is 0 Å². The summed E-state index contributed by atoms with van der Waals surface area (Å²) in [5.41, 5.74) is -0.142. The second-order valence-corrected chi connectivity index (χ2v) is 7.18. The summed E-state index contributed by atoms with van der Waals surface area (Å²) in [5.74, 6) is -2.41. The van der Waals surface area contributed by atoms with Crippen LogP contribution in [-0.4, -0.2) is 30.0 Å². The molecule has 7 heteroatoms. The maximum Gasteiger partial charge on any atom is 0.348 e. The van der Waals surface area contributed by atoms with E-state index >= 15 is 0 Å². The van der Waals surface area contributed by atoms with Gasteiger partial charge in [0.2, 0.25) is 0 Å². The molecule has 0 N–H and O–H groups in total. The molecule has 0 saturated heterocycles. The molecule has 1 aliphatic heterocycles. The van der Waals surface area contributed by atoms with E-state index in [1.54, 1.807) is 0 Å². The molecular formula is C18H26O7. The summed E-state index contributed by atoms with van der Waals surface area (Å²) in [5, 5.41) is 0. The van der Waals surface area contributed by atoms with Crippen LogP contribution >= 0.6 is 0 Å². The number of ether oxygens (including phenoxy) is 4. The van der Waals surface area contributed by atoms with Gasteiger partial charge >= 0.3 is 17.9 Å². The Kier molecular flexibility index (Phi) is 5.75. The van der Waals surface area contributed by atoms with Crippen molar-refractivity contribution in [2.45, 2.75) is 66.0 Å². The van der Waals surface area contributed by atoms with Crippen LogP contribution in [0.15, 0.2) is 11.8 Å². The van der Waals surface area contributed by atoms with E-state index in [1.807, 2.05) is 0 Å². The fourth-order valence-corrected chi connectivity index (χ4v) is 3.57. The first-order valence-corrected chi connectivity index (χ1v) is 8.60. The lowest BCUT2D eigenvalue weighted by molar-refractivity contribution is -0.266. The van der Waals surface area contributed by atoms with E-state index in [0.29, 0.717) is 12.3 Å². The van der Waals surface area contributed by atoms with E-state index in [2.05, 4.69) is 20.8 Å². The minimum absolute atomic E-state index is 0.0614. The van der Waals surface area contributed by atoms with Gasteiger partial charge in [0.1, 0.15) is 6.26 Å². The molecule has 0 bridgehead atoms. The van der Waals surface area contributed by atoms with Crippen LogP contribution in [0.4, 0.5) is 0 Å². The van der Waals surface area contributed by atoms with E-state index in [0.717, 1.165) is 26.7 Å². The lowest BCUT2D eigenvalue weighted by Crippen LogP contribution is -2.53. The molecule has 7 nitrogen and oxygen atoms in total. The Balaban J connectivity index is 2.28. The largest absolute Gasteiger partial charge is 0.459 e. The van der Waals surface area contributed by atoms with Gasteiger partial charge in [-0.15, -0.1) is 0 Å². The summed E-state index contributed by atoms with van der Waals surface area (Å²) in [7, 11) is 0. The van der Waals surface area contributed by atoms with Gasteiger partial charge in [-0.3, -0.25) is 9.59 Å². The summed E-state index contributed by atoms with van der Waals surface area (Å²) < 4.78 is 21.4. The van der Waals surface area contributed by atoms with Crippen LogP contribution in [0.5, 0.6) is 0 Å². The second-order valence-electron chi connectivity index (χ2n) is 7.18. The van der Waals surface area contributed by atoms with Crippen LogP contribution in [0, 0.1) is 17.8 Å². The summed E-state index contributed by atoms with van der Waals surface area (Å²) in [6.07, 6.45) is 2.28. The summed E-state index contributed by atoms with van der Waals surface area (Å²) in [6.45, 7) is 8.55. The molecule has 1 aliphatic carbocycles. The fraction of sp³-hybridized carbons (Fsp3) is 0.722. The van der Waals surface area contributed by atoms with Gasteiger partial charge in [0.25, 0.3) is 12.1 Å². The number of carbonyl (C=O) groups excluding carboxylic acids is 3. The van der Waals surface area contributed by atoms with Gasteiger partial charge in [0, 0.05) is 26.2 Å². The van der Waals surface area contributed by atoms with E-state index in [-0.39, 0.29) is 17.4 Å². The van der Waals surface area contributed by atoms with Gasteiger partial charge in [-0.25, -0.2) is 4.79 Å². The molecule has 0 aromatic carbocycles. The molecule has 0 aromatic heterocycles. The molecule has 0 unspecified atom stereocenters. The van der Waals surface area contributed by atoms with Gasteiger partial charge < -0.3 is 18.9 Å². The Morgan fingerprint density at radius 1 is 1.20 bits per heavy atom. The zero-order valence-electron chi connectivity index (χ0n) is 15.4. The average Bonchev–Trinajstić information content (AvgIpc) is 2.45. The van der Waals surface area contributed by atoms with Gasteiger partial charge in [-0.2, -0.15) is 0 Å². The quantitative estimate of drug-likeness (QED) is 0.566. The molecule has 1 heterocycles. The Morgan fingerprint density at radius 3 is 2.28 bits per heavy atom. The first kappa shape index (κ1) is 19.3. The van der Waals surface area contributed by atoms with Gasteiger partial charge in [-0.05, 0) is 24.7 Å². The van der Waals surface area contributed by atoms with Crippen molar-refractivity contribution in [2.75, 3.05) is 0 Å². The highest BCUT2D eigenvalue weighted by atomic mass is 16.7. The number of carbonyl (C=O) groups is 3. The maximum absolute atomic E-state index is 12.6. The lowest BCUT2D eigenvalue weighted by atomic mass is 9.72. The van der Waals surface area contributed by atoms with Crippen LogP contribution in [0.25, 0.3) is 0 Å². The molecule has 2 aliphatic rings. The van der Waals surface area contributed by atoms with Crippen molar-refractivity contribution in [3.8, 4) is 0 Å². The highest BCUT2D eigenvalue weighted by Gasteiger charge is 2.52. The molecule has 0 amide bonds. The molecule has 1 fully saturated rings. The zero-order chi connectivity index (χ0) is 18.8. The Bertz CT molecular complexity index is 564. The molecule has 1 saturated carbocycles. The number of hydrogen-bond acceptors (Lipinski definition) is 7. The SMILES string of the molecule is CC(=O)OC(OC(C)=O)C1=CO[C@]2(C[C@H](C)CC[C@H]2C(C)C)OC1=O. The normalized spacial score (nSPS) is 29.1. The third-order valence-electron chi connectivity index (χ3n) is 4.66. The van der Waals surface area contributed by atoms with Crippen LogP contribution < -0.4 is 0 Å². The van der Waals surface area contributed by atoms with Crippen LogP contribution in [0.3, 0.4) is 0 Å². The van der Waals surface area contributed by atoms with Crippen molar-refractivity contribution >= 4 is 17.9 Å². The van der Waals surface area contributed by atoms with E-state index < -0.39 is 30.0 Å². The van der Waals surface area contributed by atoms with Gasteiger partial charge in [0.15, 0.2) is 5.57 Å². The lowest BCUT2D eigenvalue weighted by Gasteiger charge is -2.47. The summed E-state index contributed by atoms with van der Waals surface area (Å²) in [6, 6.07) is 0. The predicted octanol–water partition coefficient (Wildman–Crippen LogP) is 2.68. The standard InChI is InChI=1S/C18H26O7/c1-10(2)15-7-6-11(3)8-18(15)22-9-14(16(21)25-18)17(23-12(4)19)24-13(5)20/h9-11,15,17H,6-8H2,1-5H3/t11-,15+,18-/m1/s1. The summed E-state index contributed by atoms with van der Waals surface area (Å²) in [4.78, 5) is 35.1. The van der Waals surface area contributed by atoms with Crippen LogP contribution in [0.2, 0.25) is 0 Å². The molecular weight excluding hydrogens is 328 g/mol. The number of hydrogen-bond donors (Lipinski definition) is 0. The monoisotopic (exact) mass is 354 g/mol. The highest BCUT2D eigenvalue weighted by molar-refractivity contribution is 5.90. The maximum atomic E-state index is 12.6. The van der Waals surface area contributed by atoms with E-state index in [9.17, 15) is 14.4 Å².